The molecule has 3 aromatic rings. The van der Waals surface area contributed by atoms with Gasteiger partial charge in [-0.05, 0) is 59.7 Å². The Morgan fingerprint density at radius 3 is 2.44 bits per heavy atom. The molecule has 0 radical (unpaired) electrons. The van der Waals surface area contributed by atoms with Crippen LogP contribution in [0.5, 0.6) is 0 Å². The second kappa shape index (κ2) is 8.12. The van der Waals surface area contributed by atoms with E-state index in [1.165, 1.54) is 17.4 Å². The third kappa shape index (κ3) is 3.11. The quantitative estimate of drug-likeness (QED) is 0.418. The number of nitrogens with zero attached hydrogens (tertiary/aromatic N) is 2. The number of carbonyl (C=O) groups excluding carboxylic acids is 1. The molecule has 1 aliphatic heterocycles. The fourth-order valence-electron chi connectivity index (χ4n) is 6.74. The minimum absolute atomic E-state index is 0.0660. The van der Waals surface area contributed by atoms with Gasteiger partial charge < -0.3 is 10.2 Å². The van der Waals surface area contributed by atoms with Gasteiger partial charge in [0.05, 0.1) is 4.92 Å². The molecule has 34 heavy (non-hydrogen) atoms. The van der Waals surface area contributed by atoms with Crippen molar-refractivity contribution in [2.75, 3.05) is 11.4 Å². The predicted molar refractivity (Wildman–Crippen MR) is 133 cm³/mol. The van der Waals surface area contributed by atoms with Crippen molar-refractivity contribution in [3.63, 3.8) is 0 Å². The van der Waals surface area contributed by atoms with Gasteiger partial charge in [-0.3, -0.25) is 14.9 Å². The van der Waals surface area contributed by atoms with E-state index in [2.05, 4.69) is 46.6 Å². The first-order valence-corrected chi connectivity index (χ1v) is 12.4. The number of hydrogen-bond acceptors (Lipinski definition) is 4. The van der Waals surface area contributed by atoms with Gasteiger partial charge in [0.25, 0.3) is 11.6 Å². The number of nitro benzene ring substituents is 1. The maximum atomic E-state index is 14.4. The topological polar surface area (TPSA) is 75.5 Å². The van der Waals surface area contributed by atoms with Crippen LogP contribution in [-0.2, 0) is 16.8 Å². The number of non-ortho nitro benzene ring substituents is 1. The molecule has 1 N–H and O–H groups in total. The predicted octanol–water partition coefficient (Wildman–Crippen LogP) is 5.47. The molecule has 6 heteroatoms. The van der Waals surface area contributed by atoms with Crippen LogP contribution in [0.2, 0.25) is 0 Å². The third-order valence-electron chi connectivity index (χ3n) is 8.24. The van der Waals surface area contributed by atoms with Gasteiger partial charge in [-0.1, -0.05) is 55.7 Å². The van der Waals surface area contributed by atoms with E-state index in [9.17, 15) is 14.9 Å². The summed E-state index contributed by atoms with van der Waals surface area (Å²) >= 11 is 0. The minimum Gasteiger partial charge on any atom is -0.353 e. The number of anilines is 1. The van der Waals surface area contributed by atoms with Crippen LogP contribution in [0.25, 0.3) is 10.8 Å². The molecule has 3 aliphatic rings. The van der Waals surface area contributed by atoms with E-state index in [-0.39, 0.29) is 28.5 Å². The number of nitrogens with one attached hydrogen (secondary N) is 1. The first kappa shape index (κ1) is 21.1. The van der Waals surface area contributed by atoms with Crippen molar-refractivity contribution in [1.29, 1.82) is 0 Å². The van der Waals surface area contributed by atoms with Crippen molar-refractivity contribution in [3.8, 4) is 0 Å². The number of benzene rings is 3. The van der Waals surface area contributed by atoms with Gasteiger partial charge in [0, 0.05) is 36.3 Å². The molecule has 2 atom stereocenters. The molecule has 3 aromatic carbocycles. The molecule has 0 bridgehead atoms. The molecule has 174 valence electrons. The van der Waals surface area contributed by atoms with Gasteiger partial charge >= 0.3 is 0 Å². The average Bonchev–Trinajstić information content (AvgIpc) is 3.25. The summed E-state index contributed by atoms with van der Waals surface area (Å²) in [6, 6.07) is 19.7. The van der Waals surface area contributed by atoms with Crippen molar-refractivity contribution in [2.24, 2.45) is 5.92 Å². The van der Waals surface area contributed by atoms with Crippen molar-refractivity contribution in [1.82, 2.24) is 5.32 Å². The largest absolute Gasteiger partial charge is 0.353 e. The van der Waals surface area contributed by atoms with E-state index in [1.807, 2.05) is 0 Å². The summed E-state index contributed by atoms with van der Waals surface area (Å²) in [4.78, 5) is 27.5. The highest BCUT2D eigenvalue weighted by Gasteiger charge is 2.58. The van der Waals surface area contributed by atoms with E-state index < -0.39 is 5.54 Å². The Balaban J connectivity index is 1.52. The van der Waals surface area contributed by atoms with Crippen LogP contribution in [-0.4, -0.2) is 23.4 Å². The molecule has 2 aliphatic carbocycles. The summed E-state index contributed by atoms with van der Waals surface area (Å²) in [6.07, 6.45) is 7.38. The highest BCUT2D eigenvalue weighted by atomic mass is 16.6. The summed E-state index contributed by atoms with van der Waals surface area (Å²) < 4.78 is 0. The molecular weight excluding hydrogens is 426 g/mol. The Hall–Kier alpha value is -3.41. The van der Waals surface area contributed by atoms with E-state index in [0.717, 1.165) is 61.7 Å². The van der Waals surface area contributed by atoms with Crippen LogP contribution >= 0.6 is 0 Å². The number of fused-ring (bicyclic) bond motifs is 2. The SMILES string of the molecule is O=C(NC1CCCCC1)C12c3cccc4cccc(c34)CC1CCN2c1ccc([N+](=O)[O-])cc1. The Kier molecular flexibility index (Phi) is 5.05. The lowest BCUT2D eigenvalue weighted by Crippen LogP contribution is -2.59. The first-order chi connectivity index (χ1) is 16.6. The summed E-state index contributed by atoms with van der Waals surface area (Å²) in [5, 5.41) is 17.1. The second-order valence-corrected chi connectivity index (χ2v) is 10.0. The van der Waals surface area contributed by atoms with Gasteiger partial charge in [0.15, 0.2) is 0 Å². The standard InChI is InChI=1S/C28H29N3O3/c32-27(29-22-9-2-1-3-10-22)28-21(16-17-30(28)23-12-14-24(15-13-23)31(33)34)18-20-8-4-6-19-7-5-11-25(28)26(19)20/h4-8,11-15,21-22H,1-3,9-10,16-18H2,(H,29,32). The second-order valence-electron chi connectivity index (χ2n) is 10.0. The Morgan fingerprint density at radius 1 is 0.971 bits per heavy atom. The molecule has 0 spiro atoms. The fourth-order valence-corrected chi connectivity index (χ4v) is 6.74. The normalized spacial score (nSPS) is 24.1. The molecule has 2 unspecified atom stereocenters. The van der Waals surface area contributed by atoms with Crippen molar-refractivity contribution in [2.45, 2.75) is 56.5 Å². The maximum Gasteiger partial charge on any atom is 0.269 e. The lowest BCUT2D eigenvalue weighted by Gasteiger charge is -2.46. The van der Waals surface area contributed by atoms with Crippen LogP contribution in [0.1, 0.15) is 49.7 Å². The van der Waals surface area contributed by atoms with Crippen LogP contribution in [0.3, 0.4) is 0 Å². The van der Waals surface area contributed by atoms with Crippen molar-refractivity contribution in [3.05, 3.63) is 81.9 Å². The maximum absolute atomic E-state index is 14.4. The van der Waals surface area contributed by atoms with Crippen LogP contribution < -0.4 is 10.2 Å². The van der Waals surface area contributed by atoms with Crippen molar-refractivity contribution >= 4 is 28.1 Å². The number of nitro groups is 1. The van der Waals surface area contributed by atoms with E-state index in [0.29, 0.717) is 0 Å². The number of hydrogen-bond donors (Lipinski definition) is 1. The van der Waals surface area contributed by atoms with Gasteiger partial charge in [0.2, 0.25) is 0 Å². The van der Waals surface area contributed by atoms with E-state index in [4.69, 9.17) is 0 Å². The zero-order valence-corrected chi connectivity index (χ0v) is 19.2. The lowest BCUT2D eigenvalue weighted by atomic mass is 9.68. The zero-order chi connectivity index (χ0) is 23.3. The molecule has 2 fully saturated rings. The van der Waals surface area contributed by atoms with E-state index >= 15 is 0 Å². The molecule has 0 aromatic heterocycles. The molecular formula is C28H29N3O3. The lowest BCUT2D eigenvalue weighted by molar-refractivity contribution is -0.384. The molecule has 6 rings (SSSR count). The van der Waals surface area contributed by atoms with E-state index in [1.54, 1.807) is 24.3 Å². The van der Waals surface area contributed by atoms with Crippen LogP contribution in [0.4, 0.5) is 11.4 Å². The molecule has 1 heterocycles. The number of carbonyl (C=O) groups is 1. The van der Waals surface area contributed by atoms with Gasteiger partial charge in [-0.25, -0.2) is 0 Å². The van der Waals surface area contributed by atoms with Gasteiger partial charge in [-0.15, -0.1) is 0 Å². The molecule has 1 amide bonds. The van der Waals surface area contributed by atoms with Crippen molar-refractivity contribution < 1.29 is 9.72 Å². The minimum atomic E-state index is -0.818. The van der Waals surface area contributed by atoms with Gasteiger partial charge in [-0.2, -0.15) is 0 Å². The van der Waals surface area contributed by atoms with Gasteiger partial charge in [0.1, 0.15) is 5.54 Å². The summed E-state index contributed by atoms with van der Waals surface area (Å²) in [6.45, 7) is 0.741. The molecule has 1 saturated heterocycles. The smallest absolute Gasteiger partial charge is 0.269 e. The highest BCUT2D eigenvalue weighted by molar-refractivity contribution is 6.01. The number of rotatable bonds is 4. The van der Waals surface area contributed by atoms with Crippen LogP contribution in [0, 0.1) is 16.0 Å². The Morgan fingerprint density at radius 2 is 1.71 bits per heavy atom. The Bertz CT molecular complexity index is 1260. The monoisotopic (exact) mass is 455 g/mol. The summed E-state index contributed by atoms with van der Waals surface area (Å²) in [5.74, 6) is 0.231. The average molecular weight is 456 g/mol. The third-order valence-corrected chi connectivity index (χ3v) is 8.24. The number of amides is 1. The fraction of sp³-hybridized carbons (Fsp3) is 0.393. The highest BCUT2D eigenvalue weighted by Crippen LogP contribution is 2.53. The Labute approximate surface area is 199 Å². The first-order valence-electron chi connectivity index (χ1n) is 12.4. The summed E-state index contributed by atoms with van der Waals surface area (Å²) in [5.41, 5.74) is 2.49. The molecule has 1 saturated carbocycles. The zero-order valence-electron chi connectivity index (χ0n) is 19.2. The van der Waals surface area contributed by atoms with Crippen LogP contribution in [0.15, 0.2) is 60.7 Å². The molecule has 6 nitrogen and oxygen atoms in total. The summed E-state index contributed by atoms with van der Waals surface area (Å²) in [7, 11) is 0.